The number of aryl methyl sites for hydroxylation is 1. The third-order valence-electron chi connectivity index (χ3n) is 5.60. The van der Waals surface area contributed by atoms with Gasteiger partial charge in [0.15, 0.2) is 5.11 Å². The molecule has 0 radical (unpaired) electrons. The van der Waals surface area contributed by atoms with Crippen molar-refractivity contribution in [2.45, 2.75) is 37.5 Å². The lowest BCUT2D eigenvalue weighted by Gasteiger charge is -2.25. The van der Waals surface area contributed by atoms with Gasteiger partial charge in [0.2, 0.25) is 10.0 Å². The number of thiocarbonyl (C=S) groups is 1. The summed E-state index contributed by atoms with van der Waals surface area (Å²) in [6.07, 6.45) is 7.28. The minimum atomic E-state index is -3.49. The van der Waals surface area contributed by atoms with Gasteiger partial charge in [0.25, 0.3) is 0 Å². The van der Waals surface area contributed by atoms with Gasteiger partial charge in [-0.05, 0) is 67.4 Å². The largest absolute Gasteiger partial charge is 0.361 e. The molecule has 7 nitrogen and oxygen atoms in total. The number of nitrogens with one attached hydrogen (secondary N) is 3. The number of hydrazone groups is 1. The number of hydrogen-bond acceptors (Lipinski definition) is 4. The number of sulfonamides is 1. The van der Waals surface area contributed by atoms with E-state index in [4.69, 9.17) is 12.2 Å². The SMILES string of the molecule is CCc1cccc(NC(=S)N/N=C\c2c[nH]c3ccc(S(=O)(=O)N4CCCCC4)cc23)c1. The lowest BCUT2D eigenvalue weighted by atomic mass is 10.1. The summed E-state index contributed by atoms with van der Waals surface area (Å²) in [6.45, 7) is 3.26. The first-order chi connectivity index (χ1) is 15.5. The summed E-state index contributed by atoms with van der Waals surface area (Å²) < 4.78 is 27.6. The molecule has 0 saturated carbocycles. The number of rotatable bonds is 6. The van der Waals surface area contributed by atoms with E-state index < -0.39 is 10.0 Å². The minimum absolute atomic E-state index is 0.308. The molecule has 1 aromatic heterocycles. The van der Waals surface area contributed by atoms with Crippen molar-refractivity contribution >= 4 is 50.2 Å². The van der Waals surface area contributed by atoms with E-state index in [1.807, 2.05) is 18.2 Å². The van der Waals surface area contributed by atoms with Crippen molar-refractivity contribution in [2.24, 2.45) is 5.10 Å². The number of fused-ring (bicyclic) bond motifs is 1. The molecule has 168 valence electrons. The number of aromatic amines is 1. The normalized spacial score (nSPS) is 15.3. The number of H-pyrrole nitrogens is 1. The van der Waals surface area contributed by atoms with Crippen LogP contribution in [0.3, 0.4) is 0 Å². The second kappa shape index (κ2) is 9.81. The van der Waals surface area contributed by atoms with Crippen molar-refractivity contribution in [1.29, 1.82) is 0 Å². The fraction of sp³-hybridized carbons (Fsp3) is 0.304. The number of hydrogen-bond donors (Lipinski definition) is 3. The fourth-order valence-electron chi connectivity index (χ4n) is 3.83. The summed E-state index contributed by atoms with van der Waals surface area (Å²) >= 11 is 5.32. The van der Waals surface area contributed by atoms with Gasteiger partial charge in [0.1, 0.15) is 0 Å². The molecule has 9 heteroatoms. The molecule has 2 aromatic carbocycles. The summed E-state index contributed by atoms with van der Waals surface area (Å²) in [5.74, 6) is 0. The predicted octanol–water partition coefficient (Wildman–Crippen LogP) is 4.23. The van der Waals surface area contributed by atoms with Crippen LogP contribution in [0.4, 0.5) is 5.69 Å². The Balaban J connectivity index is 1.47. The standard InChI is InChI=1S/C23H27N5O2S2/c1-2-17-7-6-8-19(13-17)26-23(31)27-25-16-18-15-24-22-10-9-20(14-21(18)22)32(29,30)28-11-4-3-5-12-28/h6-10,13-16,24H,2-5,11-12H2,1H3,(H2,26,27,31)/b25-16-. The third kappa shape index (κ3) is 5.01. The van der Waals surface area contributed by atoms with E-state index in [0.29, 0.717) is 23.1 Å². The van der Waals surface area contributed by atoms with Crippen LogP contribution in [0.25, 0.3) is 10.9 Å². The molecule has 0 unspecified atom stereocenters. The average molecular weight is 470 g/mol. The summed E-state index contributed by atoms with van der Waals surface area (Å²) in [7, 11) is -3.49. The van der Waals surface area contributed by atoms with Crippen LogP contribution in [0.2, 0.25) is 0 Å². The maximum absolute atomic E-state index is 13.0. The van der Waals surface area contributed by atoms with Crippen LogP contribution in [0.15, 0.2) is 58.7 Å². The van der Waals surface area contributed by atoms with Crippen molar-refractivity contribution in [3.8, 4) is 0 Å². The molecule has 0 aliphatic carbocycles. The van der Waals surface area contributed by atoms with Crippen LogP contribution in [0, 0.1) is 0 Å². The highest BCUT2D eigenvalue weighted by Crippen LogP contribution is 2.25. The fourth-order valence-corrected chi connectivity index (χ4v) is 5.55. The Bertz CT molecular complexity index is 1240. The van der Waals surface area contributed by atoms with Crippen molar-refractivity contribution in [3.63, 3.8) is 0 Å². The van der Waals surface area contributed by atoms with Crippen LogP contribution < -0.4 is 10.7 Å². The molecule has 0 bridgehead atoms. The number of piperidine rings is 1. The molecule has 0 spiro atoms. The van der Waals surface area contributed by atoms with E-state index in [9.17, 15) is 8.42 Å². The predicted molar refractivity (Wildman–Crippen MR) is 134 cm³/mol. The van der Waals surface area contributed by atoms with E-state index in [-0.39, 0.29) is 0 Å². The summed E-state index contributed by atoms with van der Waals surface area (Å²) in [4.78, 5) is 3.47. The second-order valence-corrected chi connectivity index (χ2v) is 10.1. The quantitative estimate of drug-likeness (QED) is 0.286. The zero-order valence-corrected chi connectivity index (χ0v) is 19.6. The van der Waals surface area contributed by atoms with E-state index in [0.717, 1.165) is 47.8 Å². The van der Waals surface area contributed by atoms with E-state index >= 15 is 0 Å². The molecule has 0 atom stereocenters. The van der Waals surface area contributed by atoms with Crippen LogP contribution in [-0.2, 0) is 16.4 Å². The van der Waals surface area contributed by atoms with E-state index in [1.54, 1.807) is 34.9 Å². The van der Waals surface area contributed by atoms with Crippen LogP contribution in [0.5, 0.6) is 0 Å². The zero-order chi connectivity index (χ0) is 22.6. The summed E-state index contributed by atoms with van der Waals surface area (Å²) in [5.41, 5.74) is 6.56. The first-order valence-electron chi connectivity index (χ1n) is 10.8. The highest BCUT2D eigenvalue weighted by Gasteiger charge is 2.26. The summed E-state index contributed by atoms with van der Waals surface area (Å²) in [5, 5.41) is 8.51. The highest BCUT2D eigenvalue weighted by molar-refractivity contribution is 7.89. The molecule has 1 aliphatic rings. The van der Waals surface area contributed by atoms with Gasteiger partial charge in [-0.15, -0.1) is 0 Å². The third-order valence-corrected chi connectivity index (χ3v) is 7.69. The molecule has 2 heterocycles. The van der Waals surface area contributed by atoms with Gasteiger partial charge >= 0.3 is 0 Å². The molecular weight excluding hydrogens is 442 g/mol. The zero-order valence-electron chi connectivity index (χ0n) is 18.0. The van der Waals surface area contributed by atoms with Gasteiger partial charge in [-0.3, -0.25) is 5.43 Å². The molecule has 1 saturated heterocycles. The van der Waals surface area contributed by atoms with Crippen LogP contribution in [0.1, 0.15) is 37.3 Å². The number of nitrogens with zero attached hydrogens (tertiary/aromatic N) is 2. The van der Waals surface area contributed by atoms with Gasteiger partial charge in [0, 0.05) is 41.4 Å². The topological polar surface area (TPSA) is 89.6 Å². The van der Waals surface area contributed by atoms with Gasteiger partial charge in [-0.25, -0.2) is 8.42 Å². The van der Waals surface area contributed by atoms with E-state index in [1.165, 1.54) is 5.56 Å². The Labute approximate surface area is 194 Å². The molecule has 1 fully saturated rings. The van der Waals surface area contributed by atoms with Crippen LogP contribution >= 0.6 is 12.2 Å². The van der Waals surface area contributed by atoms with Crippen LogP contribution in [-0.4, -0.2) is 42.1 Å². The molecule has 4 rings (SSSR count). The number of benzene rings is 2. The lowest BCUT2D eigenvalue weighted by Crippen LogP contribution is -2.35. The smallest absolute Gasteiger partial charge is 0.243 e. The van der Waals surface area contributed by atoms with Gasteiger partial charge < -0.3 is 10.3 Å². The highest BCUT2D eigenvalue weighted by atomic mass is 32.2. The molecule has 32 heavy (non-hydrogen) atoms. The Hall–Kier alpha value is -2.75. The molecule has 3 N–H and O–H groups in total. The van der Waals surface area contributed by atoms with Gasteiger partial charge in [-0.2, -0.15) is 9.41 Å². The number of aromatic nitrogens is 1. The van der Waals surface area contributed by atoms with Crippen molar-refractivity contribution in [3.05, 3.63) is 59.8 Å². The Morgan fingerprint density at radius 1 is 1.19 bits per heavy atom. The maximum atomic E-state index is 13.0. The van der Waals surface area contributed by atoms with Gasteiger partial charge in [0.05, 0.1) is 11.1 Å². The van der Waals surface area contributed by atoms with Crippen molar-refractivity contribution in [1.82, 2.24) is 14.7 Å². The van der Waals surface area contributed by atoms with Gasteiger partial charge in [-0.1, -0.05) is 25.5 Å². The van der Waals surface area contributed by atoms with Crippen molar-refractivity contribution < 1.29 is 8.42 Å². The molecule has 3 aromatic rings. The Kier molecular flexibility index (Phi) is 6.88. The monoisotopic (exact) mass is 469 g/mol. The van der Waals surface area contributed by atoms with Crippen molar-refractivity contribution in [2.75, 3.05) is 18.4 Å². The lowest BCUT2D eigenvalue weighted by molar-refractivity contribution is 0.346. The van der Waals surface area contributed by atoms with E-state index in [2.05, 4.69) is 33.8 Å². The molecule has 0 amide bonds. The summed E-state index contributed by atoms with van der Waals surface area (Å²) in [6, 6.07) is 13.2. The molecule has 1 aliphatic heterocycles. The Morgan fingerprint density at radius 2 is 2.00 bits per heavy atom. The second-order valence-electron chi connectivity index (χ2n) is 7.79. The molecular formula is C23H27N5O2S2. The minimum Gasteiger partial charge on any atom is -0.361 e. The average Bonchev–Trinajstić information content (AvgIpc) is 3.22. The maximum Gasteiger partial charge on any atom is 0.243 e. The Morgan fingerprint density at radius 3 is 2.78 bits per heavy atom. The first-order valence-corrected chi connectivity index (χ1v) is 12.6. The number of anilines is 1. The first kappa shape index (κ1) is 22.4.